The summed E-state index contributed by atoms with van der Waals surface area (Å²) in [5.41, 5.74) is 1.26. The van der Waals surface area contributed by atoms with Gasteiger partial charge in [-0.1, -0.05) is 18.2 Å². The summed E-state index contributed by atoms with van der Waals surface area (Å²) in [6.07, 6.45) is 1.71. The summed E-state index contributed by atoms with van der Waals surface area (Å²) in [5.74, 6) is -0.294. The number of likely N-dealkylation sites (N-methyl/N-ethyl adjacent to an activating group) is 1. The Bertz CT molecular complexity index is 953. The molecule has 0 saturated carbocycles. The van der Waals surface area contributed by atoms with Crippen LogP contribution in [0.15, 0.2) is 42.5 Å². The minimum atomic E-state index is -0.539. The van der Waals surface area contributed by atoms with E-state index in [1.165, 1.54) is 0 Å². The second-order valence-corrected chi connectivity index (χ2v) is 9.06. The fraction of sp³-hybridized carbons (Fsp3) is 0.480. The Balaban J connectivity index is 1.49. The number of hydrogen-bond acceptors (Lipinski definition) is 4. The van der Waals surface area contributed by atoms with Gasteiger partial charge < -0.3 is 14.5 Å². The van der Waals surface area contributed by atoms with Gasteiger partial charge in [0.15, 0.2) is 0 Å². The van der Waals surface area contributed by atoms with E-state index in [-0.39, 0.29) is 30.0 Å². The highest BCUT2D eigenvalue weighted by Gasteiger charge is 2.34. The fourth-order valence-corrected chi connectivity index (χ4v) is 4.79. The number of carbonyl (C=O) groups is 1. The number of ether oxygens (including phenoxy) is 1. The maximum absolute atomic E-state index is 14.1. The van der Waals surface area contributed by atoms with Crippen LogP contribution in [0.25, 0.3) is 0 Å². The maximum atomic E-state index is 14.1. The molecule has 0 spiro atoms. The number of carbonyl (C=O) groups excluding carboxylic acids is 1. The van der Waals surface area contributed by atoms with Crippen molar-refractivity contribution in [1.82, 2.24) is 14.7 Å². The predicted molar refractivity (Wildman–Crippen MR) is 119 cm³/mol. The molecule has 2 aromatic rings. The van der Waals surface area contributed by atoms with Crippen LogP contribution in [0.5, 0.6) is 5.75 Å². The topological polar surface area (TPSA) is 36.0 Å². The molecule has 0 N–H and O–H groups in total. The summed E-state index contributed by atoms with van der Waals surface area (Å²) in [7, 11) is 4.10. The number of amides is 1. The Morgan fingerprint density at radius 1 is 1.16 bits per heavy atom. The number of halogens is 2. The van der Waals surface area contributed by atoms with Gasteiger partial charge >= 0.3 is 0 Å². The van der Waals surface area contributed by atoms with Gasteiger partial charge in [0.25, 0.3) is 0 Å². The maximum Gasteiger partial charge on any atom is 0.227 e. The van der Waals surface area contributed by atoms with E-state index in [4.69, 9.17) is 4.74 Å². The molecule has 5 nitrogen and oxygen atoms in total. The smallest absolute Gasteiger partial charge is 0.227 e. The molecule has 1 fully saturated rings. The molecular weight excluding hydrogens is 412 g/mol. The molecule has 2 aromatic carbocycles. The van der Waals surface area contributed by atoms with Crippen LogP contribution in [0, 0.1) is 11.6 Å². The molecule has 7 heteroatoms. The molecule has 32 heavy (non-hydrogen) atoms. The Hall–Kier alpha value is -2.51. The van der Waals surface area contributed by atoms with Crippen LogP contribution in [0.3, 0.4) is 0 Å². The standard InChI is InChI=1S/C25H31F2N3O2/c1-28(2)15-22-17-32-24-8-4-3-6-18(24)14-29(22)16-21-7-5-11-30(21)25(31)13-19-12-20(26)9-10-23(19)27/h3-4,6,8-10,12,21-22H,5,7,11,13-17H2,1-2H3/t21-,22+/m1/s1. The molecule has 1 amide bonds. The Kier molecular flexibility index (Phi) is 7.06. The lowest BCUT2D eigenvalue weighted by Crippen LogP contribution is -2.50. The Labute approximate surface area is 188 Å². The van der Waals surface area contributed by atoms with Crippen molar-refractivity contribution in [3.63, 3.8) is 0 Å². The zero-order chi connectivity index (χ0) is 22.7. The van der Waals surface area contributed by atoms with Gasteiger partial charge in [0.2, 0.25) is 5.91 Å². The van der Waals surface area contributed by atoms with Gasteiger partial charge in [-0.05, 0) is 51.2 Å². The van der Waals surface area contributed by atoms with E-state index in [2.05, 4.69) is 30.0 Å². The van der Waals surface area contributed by atoms with Crippen LogP contribution in [-0.2, 0) is 17.8 Å². The van der Waals surface area contributed by atoms with E-state index >= 15 is 0 Å². The van der Waals surface area contributed by atoms with E-state index in [0.29, 0.717) is 13.2 Å². The van der Waals surface area contributed by atoms with Crippen molar-refractivity contribution in [1.29, 1.82) is 0 Å². The summed E-state index contributed by atoms with van der Waals surface area (Å²) in [5, 5.41) is 0. The van der Waals surface area contributed by atoms with Gasteiger partial charge in [-0.2, -0.15) is 0 Å². The van der Waals surface area contributed by atoms with Gasteiger partial charge in [0.1, 0.15) is 24.0 Å². The second kappa shape index (κ2) is 9.96. The van der Waals surface area contributed by atoms with Crippen molar-refractivity contribution >= 4 is 5.91 Å². The van der Waals surface area contributed by atoms with Crippen LogP contribution < -0.4 is 4.74 Å². The third-order valence-corrected chi connectivity index (χ3v) is 6.36. The van der Waals surface area contributed by atoms with Crippen LogP contribution in [0.4, 0.5) is 8.78 Å². The molecular formula is C25H31F2N3O2. The van der Waals surface area contributed by atoms with Crippen molar-refractivity contribution in [3.8, 4) is 5.75 Å². The summed E-state index contributed by atoms with van der Waals surface area (Å²) in [4.78, 5) is 19.5. The van der Waals surface area contributed by atoms with E-state index in [1.54, 1.807) is 0 Å². The molecule has 2 heterocycles. The minimum absolute atomic E-state index is 0.0500. The zero-order valence-electron chi connectivity index (χ0n) is 18.8. The van der Waals surface area contributed by atoms with Crippen LogP contribution in [0.1, 0.15) is 24.0 Å². The van der Waals surface area contributed by atoms with Crippen LogP contribution >= 0.6 is 0 Å². The van der Waals surface area contributed by atoms with E-state index in [0.717, 1.165) is 62.0 Å². The first-order valence-corrected chi connectivity index (χ1v) is 11.2. The quantitative estimate of drug-likeness (QED) is 0.686. The Morgan fingerprint density at radius 2 is 1.97 bits per heavy atom. The highest BCUT2D eigenvalue weighted by molar-refractivity contribution is 5.79. The van der Waals surface area contributed by atoms with E-state index < -0.39 is 11.6 Å². The molecule has 0 aromatic heterocycles. The first-order chi connectivity index (χ1) is 15.4. The van der Waals surface area contributed by atoms with Crippen molar-refractivity contribution in [3.05, 3.63) is 65.2 Å². The first-order valence-electron chi connectivity index (χ1n) is 11.2. The molecule has 1 saturated heterocycles. The highest BCUT2D eigenvalue weighted by Crippen LogP contribution is 2.28. The number of para-hydroxylation sites is 1. The molecule has 2 atom stereocenters. The van der Waals surface area contributed by atoms with Crippen molar-refractivity contribution in [2.24, 2.45) is 0 Å². The first kappa shape index (κ1) is 22.7. The summed E-state index contributed by atoms with van der Waals surface area (Å²) in [6, 6.07) is 11.6. The minimum Gasteiger partial charge on any atom is -0.492 e. The third kappa shape index (κ3) is 5.27. The summed E-state index contributed by atoms with van der Waals surface area (Å²) >= 11 is 0. The molecule has 0 unspecified atom stereocenters. The van der Waals surface area contributed by atoms with Crippen molar-refractivity contribution < 1.29 is 18.3 Å². The largest absolute Gasteiger partial charge is 0.492 e. The lowest BCUT2D eigenvalue weighted by Gasteiger charge is -2.35. The van der Waals surface area contributed by atoms with Gasteiger partial charge in [-0.25, -0.2) is 8.78 Å². The molecule has 2 aliphatic heterocycles. The fourth-order valence-electron chi connectivity index (χ4n) is 4.79. The number of rotatable bonds is 6. The van der Waals surface area contributed by atoms with Crippen molar-refractivity contribution in [2.45, 2.75) is 37.9 Å². The molecule has 0 bridgehead atoms. The van der Waals surface area contributed by atoms with E-state index in [9.17, 15) is 13.6 Å². The van der Waals surface area contributed by atoms with E-state index in [1.807, 2.05) is 23.1 Å². The lowest BCUT2D eigenvalue weighted by molar-refractivity contribution is -0.131. The van der Waals surface area contributed by atoms with Gasteiger partial charge in [0, 0.05) is 43.3 Å². The van der Waals surface area contributed by atoms with Crippen molar-refractivity contribution in [2.75, 3.05) is 40.3 Å². The van der Waals surface area contributed by atoms with Gasteiger partial charge in [-0.15, -0.1) is 0 Å². The number of benzene rings is 2. The molecule has 0 aliphatic carbocycles. The highest BCUT2D eigenvalue weighted by atomic mass is 19.1. The molecule has 2 aliphatic rings. The zero-order valence-corrected chi connectivity index (χ0v) is 18.8. The molecule has 172 valence electrons. The van der Waals surface area contributed by atoms with Crippen LogP contribution in [-0.4, -0.2) is 73.0 Å². The third-order valence-electron chi connectivity index (χ3n) is 6.36. The number of nitrogens with zero attached hydrogens (tertiary/aromatic N) is 3. The van der Waals surface area contributed by atoms with Gasteiger partial charge in [-0.3, -0.25) is 9.69 Å². The second-order valence-electron chi connectivity index (χ2n) is 9.06. The predicted octanol–water partition coefficient (Wildman–Crippen LogP) is 3.32. The molecule has 4 rings (SSSR count). The number of fused-ring (bicyclic) bond motifs is 1. The lowest BCUT2D eigenvalue weighted by atomic mass is 10.1. The summed E-state index contributed by atoms with van der Waals surface area (Å²) in [6.45, 7) is 3.58. The SMILES string of the molecule is CN(C)C[C@H]1COc2ccccc2CN1C[C@H]1CCCN1C(=O)Cc1cc(F)ccc1F. The van der Waals surface area contributed by atoms with Crippen LogP contribution in [0.2, 0.25) is 0 Å². The Morgan fingerprint density at radius 3 is 2.78 bits per heavy atom. The van der Waals surface area contributed by atoms with Gasteiger partial charge in [0.05, 0.1) is 12.5 Å². The average molecular weight is 444 g/mol. The monoisotopic (exact) mass is 443 g/mol. The normalized spacial score (nSPS) is 21.3. The average Bonchev–Trinajstić information content (AvgIpc) is 3.15. The summed E-state index contributed by atoms with van der Waals surface area (Å²) < 4.78 is 33.7. The molecule has 0 radical (unpaired) electrons. The number of likely N-dealkylation sites (tertiary alicyclic amines) is 1. The number of hydrogen-bond donors (Lipinski definition) is 0.